The molecule has 2 aromatic carbocycles. The third-order valence-electron chi connectivity index (χ3n) is 5.12. The second-order valence-corrected chi connectivity index (χ2v) is 8.40. The first-order valence-corrected chi connectivity index (χ1v) is 10.9. The first-order chi connectivity index (χ1) is 15.2. The van der Waals surface area contributed by atoms with Crippen LogP contribution in [-0.4, -0.2) is 25.5 Å². The molecule has 0 saturated carbocycles. The topological polar surface area (TPSA) is 64.7 Å². The number of carbonyl (C=O) groups is 1. The SMILES string of the molecule is Cc1nn(-c2ccccc2)c2sc(C(=O)NCc3cccc(Cn4cccn4)c3)cc12. The van der Waals surface area contributed by atoms with Crippen LogP contribution < -0.4 is 5.32 Å². The molecular weight excluding hydrogens is 406 g/mol. The number of nitrogens with one attached hydrogen (secondary N) is 1. The second kappa shape index (κ2) is 8.20. The number of para-hydroxylation sites is 1. The summed E-state index contributed by atoms with van der Waals surface area (Å²) in [4.78, 5) is 14.5. The van der Waals surface area contributed by atoms with Crippen LogP contribution in [0.5, 0.6) is 0 Å². The summed E-state index contributed by atoms with van der Waals surface area (Å²) in [7, 11) is 0. The Morgan fingerprint density at radius 3 is 2.68 bits per heavy atom. The molecule has 7 heteroatoms. The summed E-state index contributed by atoms with van der Waals surface area (Å²) in [6.45, 7) is 3.16. The summed E-state index contributed by atoms with van der Waals surface area (Å²) in [5, 5.41) is 13.0. The van der Waals surface area contributed by atoms with Gasteiger partial charge in [0, 0.05) is 24.3 Å². The average molecular weight is 428 g/mol. The standard InChI is InChI=1S/C24H21N5OS/c1-17-21-14-22(31-24(21)29(27-17)20-9-3-2-4-10-20)23(30)25-15-18-7-5-8-19(13-18)16-28-12-6-11-26-28/h2-14H,15-16H2,1H3,(H,25,30). The van der Waals surface area contributed by atoms with Gasteiger partial charge in [-0.25, -0.2) is 4.68 Å². The lowest BCUT2D eigenvalue weighted by atomic mass is 10.1. The molecule has 0 spiro atoms. The molecule has 6 nitrogen and oxygen atoms in total. The molecule has 0 radical (unpaired) electrons. The minimum absolute atomic E-state index is 0.0716. The Morgan fingerprint density at radius 2 is 1.87 bits per heavy atom. The van der Waals surface area contributed by atoms with Crippen molar-refractivity contribution in [3.8, 4) is 5.69 Å². The van der Waals surface area contributed by atoms with Gasteiger partial charge in [0.15, 0.2) is 0 Å². The van der Waals surface area contributed by atoms with E-state index in [9.17, 15) is 4.79 Å². The van der Waals surface area contributed by atoms with Crippen LogP contribution in [0.25, 0.3) is 15.9 Å². The molecule has 31 heavy (non-hydrogen) atoms. The molecule has 0 atom stereocenters. The van der Waals surface area contributed by atoms with E-state index in [4.69, 9.17) is 0 Å². The maximum absolute atomic E-state index is 12.8. The van der Waals surface area contributed by atoms with E-state index in [1.807, 2.05) is 77.1 Å². The van der Waals surface area contributed by atoms with Crippen LogP contribution in [0.1, 0.15) is 26.5 Å². The molecule has 0 unspecified atom stereocenters. The number of rotatable bonds is 6. The van der Waals surface area contributed by atoms with Gasteiger partial charge < -0.3 is 5.32 Å². The highest BCUT2D eigenvalue weighted by Crippen LogP contribution is 2.30. The smallest absolute Gasteiger partial charge is 0.261 e. The van der Waals surface area contributed by atoms with E-state index in [0.717, 1.165) is 32.7 Å². The number of aromatic nitrogens is 4. The van der Waals surface area contributed by atoms with Crippen molar-refractivity contribution < 1.29 is 4.79 Å². The molecule has 0 saturated heterocycles. The molecule has 0 aliphatic rings. The number of hydrogen-bond acceptors (Lipinski definition) is 4. The summed E-state index contributed by atoms with van der Waals surface area (Å²) in [6, 6.07) is 22.0. The maximum Gasteiger partial charge on any atom is 0.261 e. The Hall–Kier alpha value is -3.71. The van der Waals surface area contributed by atoms with Crippen LogP contribution in [-0.2, 0) is 13.1 Å². The number of carbonyl (C=O) groups excluding carboxylic acids is 1. The zero-order chi connectivity index (χ0) is 21.2. The van der Waals surface area contributed by atoms with Gasteiger partial charge in [0.2, 0.25) is 0 Å². The van der Waals surface area contributed by atoms with Gasteiger partial charge in [0.05, 0.1) is 22.8 Å². The summed E-state index contributed by atoms with van der Waals surface area (Å²) in [5.74, 6) is -0.0716. The van der Waals surface area contributed by atoms with Crippen LogP contribution in [0.15, 0.2) is 79.1 Å². The normalized spacial score (nSPS) is 11.1. The van der Waals surface area contributed by atoms with Gasteiger partial charge in [-0.3, -0.25) is 9.48 Å². The number of amides is 1. The van der Waals surface area contributed by atoms with Crippen LogP contribution in [0.3, 0.4) is 0 Å². The van der Waals surface area contributed by atoms with E-state index in [0.29, 0.717) is 18.0 Å². The fourth-order valence-corrected chi connectivity index (χ4v) is 4.69. The van der Waals surface area contributed by atoms with Crippen LogP contribution in [0, 0.1) is 6.92 Å². The highest BCUT2D eigenvalue weighted by molar-refractivity contribution is 7.20. The molecule has 1 N–H and O–H groups in total. The molecule has 5 aromatic rings. The molecular formula is C24H21N5OS. The molecule has 1 amide bonds. The quantitative estimate of drug-likeness (QED) is 0.432. The Labute approximate surface area is 183 Å². The Kier molecular flexibility index (Phi) is 5.09. The van der Waals surface area contributed by atoms with Crippen molar-refractivity contribution in [2.45, 2.75) is 20.0 Å². The van der Waals surface area contributed by atoms with Gasteiger partial charge in [-0.2, -0.15) is 10.2 Å². The molecule has 154 valence electrons. The first kappa shape index (κ1) is 19.3. The Bertz CT molecular complexity index is 1340. The maximum atomic E-state index is 12.8. The van der Waals surface area contributed by atoms with E-state index < -0.39 is 0 Å². The highest BCUT2D eigenvalue weighted by atomic mass is 32.1. The fraction of sp³-hybridized carbons (Fsp3) is 0.125. The molecule has 3 heterocycles. The summed E-state index contributed by atoms with van der Waals surface area (Å²) in [6.07, 6.45) is 3.71. The van der Waals surface area contributed by atoms with Crippen molar-refractivity contribution in [1.29, 1.82) is 0 Å². The molecule has 3 aromatic heterocycles. The van der Waals surface area contributed by atoms with Crippen molar-refractivity contribution in [1.82, 2.24) is 24.9 Å². The third-order valence-corrected chi connectivity index (χ3v) is 6.23. The van der Waals surface area contributed by atoms with Gasteiger partial charge in [-0.15, -0.1) is 11.3 Å². The van der Waals surface area contributed by atoms with E-state index in [-0.39, 0.29) is 5.91 Å². The first-order valence-electron chi connectivity index (χ1n) is 10.1. The number of thiophene rings is 1. The number of aryl methyl sites for hydroxylation is 1. The number of nitrogens with zero attached hydrogens (tertiary/aromatic N) is 4. The predicted molar refractivity (Wildman–Crippen MR) is 123 cm³/mol. The zero-order valence-corrected chi connectivity index (χ0v) is 17.8. The van der Waals surface area contributed by atoms with Crippen molar-refractivity contribution >= 4 is 27.5 Å². The van der Waals surface area contributed by atoms with E-state index in [1.165, 1.54) is 11.3 Å². The number of fused-ring (bicyclic) bond motifs is 1. The van der Waals surface area contributed by atoms with Gasteiger partial charge in [-0.1, -0.05) is 42.5 Å². The number of benzene rings is 2. The van der Waals surface area contributed by atoms with E-state index >= 15 is 0 Å². The summed E-state index contributed by atoms with van der Waals surface area (Å²) < 4.78 is 3.79. The lowest BCUT2D eigenvalue weighted by molar-refractivity contribution is 0.0955. The molecule has 0 aliphatic heterocycles. The van der Waals surface area contributed by atoms with Crippen molar-refractivity contribution in [3.05, 3.63) is 101 Å². The van der Waals surface area contributed by atoms with Crippen LogP contribution in [0.2, 0.25) is 0 Å². The van der Waals surface area contributed by atoms with Gasteiger partial charge >= 0.3 is 0 Å². The summed E-state index contributed by atoms with van der Waals surface area (Å²) >= 11 is 1.47. The molecule has 0 bridgehead atoms. The minimum atomic E-state index is -0.0716. The minimum Gasteiger partial charge on any atom is -0.347 e. The molecule has 0 fully saturated rings. The van der Waals surface area contributed by atoms with E-state index in [1.54, 1.807) is 6.20 Å². The Morgan fingerprint density at radius 1 is 1.03 bits per heavy atom. The van der Waals surface area contributed by atoms with Crippen molar-refractivity contribution in [2.75, 3.05) is 0 Å². The van der Waals surface area contributed by atoms with Gasteiger partial charge in [-0.05, 0) is 42.3 Å². The Balaban J connectivity index is 1.32. The largest absolute Gasteiger partial charge is 0.347 e. The summed E-state index contributed by atoms with van der Waals surface area (Å²) in [5.41, 5.74) is 4.12. The molecule has 5 rings (SSSR count). The lowest BCUT2D eigenvalue weighted by Gasteiger charge is -2.07. The number of hydrogen-bond donors (Lipinski definition) is 1. The van der Waals surface area contributed by atoms with Crippen LogP contribution in [0.4, 0.5) is 0 Å². The fourth-order valence-electron chi connectivity index (χ4n) is 3.59. The second-order valence-electron chi connectivity index (χ2n) is 7.37. The monoisotopic (exact) mass is 427 g/mol. The predicted octanol–water partition coefficient (Wildman–Crippen LogP) is 4.57. The van der Waals surface area contributed by atoms with E-state index in [2.05, 4.69) is 27.6 Å². The van der Waals surface area contributed by atoms with Crippen molar-refractivity contribution in [3.63, 3.8) is 0 Å². The van der Waals surface area contributed by atoms with Crippen molar-refractivity contribution in [2.24, 2.45) is 0 Å². The van der Waals surface area contributed by atoms with Gasteiger partial charge in [0.25, 0.3) is 5.91 Å². The zero-order valence-electron chi connectivity index (χ0n) is 17.0. The third kappa shape index (κ3) is 4.00. The molecule has 0 aliphatic carbocycles. The average Bonchev–Trinajstić information content (AvgIpc) is 3.52. The van der Waals surface area contributed by atoms with Crippen LogP contribution >= 0.6 is 11.3 Å². The highest BCUT2D eigenvalue weighted by Gasteiger charge is 2.17. The van der Waals surface area contributed by atoms with Gasteiger partial charge in [0.1, 0.15) is 4.83 Å². The lowest BCUT2D eigenvalue weighted by Crippen LogP contribution is -2.21.